The van der Waals surface area contributed by atoms with Crippen molar-refractivity contribution in [2.45, 2.75) is 20.0 Å². The number of hydrogen-bond donors (Lipinski definition) is 0. The van der Waals surface area contributed by atoms with Crippen molar-refractivity contribution in [2.24, 2.45) is 0 Å². The SMILES string of the molecule is CC(C)OC(=O)[c-]1cccc1.[Fe].[cH-]1[cH-][cH-][cH-][cH-]1. The maximum atomic E-state index is 11.1. The molecule has 0 radical (unpaired) electrons. The maximum absolute atomic E-state index is 11.1. The molecule has 0 saturated carbocycles. The van der Waals surface area contributed by atoms with Gasteiger partial charge in [-0.15, -0.1) is 0 Å². The molecule has 0 aromatic heterocycles. The second-order valence-corrected chi connectivity index (χ2v) is 3.59. The summed E-state index contributed by atoms with van der Waals surface area (Å²) in [6, 6.07) is 17.1. The summed E-state index contributed by atoms with van der Waals surface area (Å²) in [5, 5.41) is 0. The molecular weight excluding hydrogens is 256 g/mol. The summed E-state index contributed by atoms with van der Waals surface area (Å²) in [5.74, 6) is -0.245. The number of carbonyl (C=O) groups excluding carboxylic acids is 1. The number of ether oxygens (including phenoxy) is 1. The number of rotatable bonds is 2. The zero-order chi connectivity index (χ0) is 11.8. The molecule has 0 heterocycles. The summed E-state index contributed by atoms with van der Waals surface area (Å²) in [4.78, 5) is 11.1. The third-order valence-electron chi connectivity index (χ3n) is 1.80. The number of carbonyl (C=O) groups is 1. The van der Waals surface area contributed by atoms with Crippen molar-refractivity contribution in [3.63, 3.8) is 0 Å². The van der Waals surface area contributed by atoms with Crippen molar-refractivity contribution in [3.8, 4) is 0 Å². The van der Waals surface area contributed by atoms with Crippen LogP contribution in [0.4, 0.5) is 0 Å². The Morgan fingerprint density at radius 3 is 1.82 bits per heavy atom. The van der Waals surface area contributed by atoms with Gasteiger partial charge in [-0.1, -0.05) is 5.56 Å². The first-order valence-corrected chi connectivity index (χ1v) is 5.29. The van der Waals surface area contributed by atoms with Gasteiger partial charge in [0, 0.05) is 17.1 Å². The summed E-state index contributed by atoms with van der Waals surface area (Å²) in [7, 11) is 0. The Labute approximate surface area is 113 Å². The van der Waals surface area contributed by atoms with E-state index in [0.29, 0.717) is 5.56 Å². The molecule has 0 N–H and O–H groups in total. The van der Waals surface area contributed by atoms with E-state index in [1.165, 1.54) is 0 Å². The quantitative estimate of drug-likeness (QED) is 0.476. The van der Waals surface area contributed by atoms with E-state index < -0.39 is 0 Å². The van der Waals surface area contributed by atoms with Crippen LogP contribution >= 0.6 is 0 Å². The Kier molecular flexibility index (Phi) is 8.12. The summed E-state index contributed by atoms with van der Waals surface area (Å²) < 4.78 is 4.96. The topological polar surface area (TPSA) is 26.3 Å². The third-order valence-corrected chi connectivity index (χ3v) is 1.80. The van der Waals surface area contributed by atoms with Crippen LogP contribution in [-0.4, -0.2) is 12.1 Å². The van der Waals surface area contributed by atoms with E-state index in [0.717, 1.165) is 0 Å². The van der Waals surface area contributed by atoms with E-state index in [2.05, 4.69) is 0 Å². The molecule has 17 heavy (non-hydrogen) atoms. The van der Waals surface area contributed by atoms with Gasteiger partial charge in [0.1, 0.15) is 0 Å². The second-order valence-electron chi connectivity index (χ2n) is 3.59. The largest absolute Gasteiger partial charge is 0.748 e. The van der Waals surface area contributed by atoms with Gasteiger partial charge in [0.2, 0.25) is 0 Å². The molecule has 2 aromatic carbocycles. The van der Waals surface area contributed by atoms with Crippen molar-refractivity contribution in [1.29, 1.82) is 0 Å². The predicted molar refractivity (Wildman–Crippen MR) is 64.6 cm³/mol. The average molecular weight is 272 g/mol. The van der Waals surface area contributed by atoms with E-state index >= 15 is 0 Å². The van der Waals surface area contributed by atoms with Crippen LogP contribution in [0, 0.1) is 0 Å². The van der Waals surface area contributed by atoms with Crippen LogP contribution in [-0.2, 0) is 21.8 Å². The normalized spacial score (nSPS) is 8.88. The fourth-order valence-corrected chi connectivity index (χ4v) is 1.11. The molecule has 2 nitrogen and oxygen atoms in total. The Morgan fingerprint density at radius 1 is 1.06 bits per heavy atom. The van der Waals surface area contributed by atoms with Crippen LogP contribution < -0.4 is 0 Å². The van der Waals surface area contributed by atoms with Crippen LogP contribution in [0.15, 0.2) is 54.6 Å². The second kappa shape index (κ2) is 8.80. The summed E-state index contributed by atoms with van der Waals surface area (Å²) in [6.45, 7) is 3.67. The molecule has 0 aliphatic carbocycles. The molecule has 3 heteroatoms. The standard InChI is InChI=1S/C9H11O2.C5H5.Fe/c1-7(2)11-9(10)8-5-3-4-6-8;1-2-4-5-3-1;/h3-7H,1-2H3;1-5H;/q-1;-5;. The molecule has 0 unspecified atom stereocenters. The Hall–Kier alpha value is -1.31. The van der Waals surface area contributed by atoms with Crippen molar-refractivity contribution in [2.75, 3.05) is 0 Å². The molecule has 2 aromatic rings. The Morgan fingerprint density at radius 2 is 1.47 bits per heavy atom. The minimum atomic E-state index is -0.245. The zero-order valence-corrected chi connectivity index (χ0v) is 11.0. The van der Waals surface area contributed by atoms with Gasteiger partial charge in [-0.25, -0.2) is 12.1 Å². The Bertz CT molecular complexity index is 357. The van der Waals surface area contributed by atoms with Gasteiger partial charge in [0.25, 0.3) is 5.97 Å². The third kappa shape index (κ3) is 6.77. The molecule has 0 aliphatic rings. The van der Waals surface area contributed by atoms with Gasteiger partial charge in [0.15, 0.2) is 0 Å². The molecule has 0 bridgehead atoms. The number of esters is 1. The molecule has 0 atom stereocenters. The molecule has 0 spiro atoms. The van der Waals surface area contributed by atoms with Crippen LogP contribution in [0.25, 0.3) is 0 Å². The van der Waals surface area contributed by atoms with Crippen molar-refractivity contribution in [1.82, 2.24) is 0 Å². The molecular formula is C14H16FeO2-6. The maximum Gasteiger partial charge on any atom is 0.281 e. The van der Waals surface area contributed by atoms with E-state index in [-0.39, 0.29) is 29.1 Å². The van der Waals surface area contributed by atoms with E-state index in [4.69, 9.17) is 4.74 Å². The molecule has 0 amide bonds. The number of hydrogen-bond acceptors (Lipinski definition) is 2. The fraction of sp³-hybridized carbons (Fsp3) is 0.214. The Balaban J connectivity index is 0.000000360. The average Bonchev–Trinajstić information content (AvgIpc) is 2.94. The van der Waals surface area contributed by atoms with E-state index in [9.17, 15) is 4.79 Å². The van der Waals surface area contributed by atoms with E-state index in [1.807, 2.05) is 56.3 Å². The molecule has 0 fully saturated rings. The van der Waals surface area contributed by atoms with Crippen LogP contribution in [0.3, 0.4) is 0 Å². The molecule has 2 rings (SSSR count). The fourth-order valence-electron chi connectivity index (χ4n) is 1.11. The minimum absolute atomic E-state index is 0. The zero-order valence-electron chi connectivity index (χ0n) is 9.94. The van der Waals surface area contributed by atoms with Gasteiger partial charge < -0.3 is 35.1 Å². The smallest absolute Gasteiger partial charge is 0.281 e. The first-order valence-electron chi connectivity index (χ1n) is 5.29. The van der Waals surface area contributed by atoms with Gasteiger partial charge in [-0.2, -0.15) is 12.1 Å². The van der Waals surface area contributed by atoms with Gasteiger partial charge in [0.05, 0.1) is 6.10 Å². The van der Waals surface area contributed by atoms with Gasteiger partial charge in [-0.05, 0) is 13.8 Å². The predicted octanol–water partition coefficient (Wildman–Crippen LogP) is 3.37. The van der Waals surface area contributed by atoms with E-state index in [1.54, 1.807) is 12.1 Å². The van der Waals surface area contributed by atoms with Crippen LogP contribution in [0.1, 0.15) is 24.2 Å². The molecule has 98 valence electrons. The van der Waals surface area contributed by atoms with Crippen molar-refractivity contribution < 1.29 is 26.6 Å². The van der Waals surface area contributed by atoms with Crippen LogP contribution in [0.5, 0.6) is 0 Å². The summed E-state index contributed by atoms with van der Waals surface area (Å²) in [5.41, 5.74) is 0.624. The summed E-state index contributed by atoms with van der Waals surface area (Å²) in [6.07, 6.45) is -0.0441. The summed E-state index contributed by atoms with van der Waals surface area (Å²) >= 11 is 0. The first-order chi connectivity index (χ1) is 7.70. The molecule has 0 saturated heterocycles. The molecule has 0 aliphatic heterocycles. The van der Waals surface area contributed by atoms with Crippen molar-refractivity contribution in [3.05, 3.63) is 60.2 Å². The van der Waals surface area contributed by atoms with Gasteiger partial charge in [-0.3, -0.25) is 4.79 Å². The van der Waals surface area contributed by atoms with Gasteiger partial charge >= 0.3 is 0 Å². The minimum Gasteiger partial charge on any atom is -0.748 e. The van der Waals surface area contributed by atoms with Crippen LogP contribution in [0.2, 0.25) is 0 Å². The van der Waals surface area contributed by atoms with Crippen molar-refractivity contribution >= 4 is 5.97 Å². The first kappa shape index (κ1) is 15.7. The monoisotopic (exact) mass is 272 g/mol.